The van der Waals surface area contributed by atoms with E-state index < -0.39 is 17.7 Å². The normalized spacial score (nSPS) is 12.9. The third-order valence-electron chi connectivity index (χ3n) is 2.17. The molecule has 3 nitrogen and oxygen atoms in total. The zero-order valence-electron chi connectivity index (χ0n) is 10.7. The van der Waals surface area contributed by atoms with Crippen LogP contribution in [0.1, 0.15) is 17.3 Å². The second kappa shape index (κ2) is 7.08. The number of halogens is 4. The van der Waals surface area contributed by atoms with Gasteiger partial charge in [0, 0.05) is 4.90 Å². The lowest BCUT2D eigenvalue weighted by Crippen LogP contribution is -2.29. The summed E-state index contributed by atoms with van der Waals surface area (Å²) in [6.45, 7) is 1.67. The zero-order valence-corrected chi connectivity index (χ0v) is 12.2. The molecule has 20 heavy (non-hydrogen) atoms. The number of esters is 1. The van der Waals surface area contributed by atoms with Crippen molar-refractivity contribution in [3.8, 4) is 5.75 Å². The second-order valence-electron chi connectivity index (χ2n) is 3.56. The van der Waals surface area contributed by atoms with Gasteiger partial charge in [0.15, 0.2) is 0 Å². The molecule has 0 aliphatic heterocycles. The molecular weight excluding hydrogens is 317 g/mol. The van der Waals surface area contributed by atoms with E-state index in [1.165, 1.54) is 23.9 Å². The van der Waals surface area contributed by atoms with Crippen molar-refractivity contribution in [1.29, 1.82) is 0 Å². The molecule has 0 aliphatic rings. The summed E-state index contributed by atoms with van der Waals surface area (Å²) in [4.78, 5) is 12.3. The number of hydrogen-bond acceptors (Lipinski definition) is 4. The van der Waals surface area contributed by atoms with Crippen LogP contribution >= 0.6 is 23.4 Å². The largest absolute Gasteiger partial charge is 0.462 e. The Labute approximate surface area is 123 Å². The van der Waals surface area contributed by atoms with Crippen molar-refractivity contribution in [3.05, 3.63) is 23.8 Å². The Bertz CT molecular complexity index is 480. The molecule has 0 aromatic heterocycles. The third-order valence-corrected chi connectivity index (χ3v) is 3.07. The van der Waals surface area contributed by atoms with E-state index in [0.29, 0.717) is 4.90 Å². The molecule has 0 spiro atoms. The average molecular weight is 329 g/mol. The van der Waals surface area contributed by atoms with Crippen LogP contribution < -0.4 is 4.74 Å². The van der Waals surface area contributed by atoms with Crippen molar-refractivity contribution in [2.24, 2.45) is 0 Å². The minimum atomic E-state index is -4.19. The predicted octanol–water partition coefficient (Wildman–Crippen LogP) is 4.09. The lowest BCUT2D eigenvalue weighted by atomic mass is 10.2. The number of thioether (sulfide) groups is 1. The van der Waals surface area contributed by atoms with Gasteiger partial charge in [0.25, 0.3) is 0 Å². The molecule has 1 unspecified atom stereocenters. The molecule has 0 heterocycles. The van der Waals surface area contributed by atoms with E-state index >= 15 is 0 Å². The van der Waals surface area contributed by atoms with Crippen LogP contribution in [0.3, 0.4) is 0 Å². The van der Waals surface area contributed by atoms with Crippen molar-refractivity contribution < 1.29 is 27.4 Å². The number of alkyl halides is 4. The minimum absolute atomic E-state index is 0.0905. The summed E-state index contributed by atoms with van der Waals surface area (Å²) < 4.78 is 47.6. The second-order valence-corrected chi connectivity index (χ2v) is 4.94. The van der Waals surface area contributed by atoms with Crippen LogP contribution in [0.15, 0.2) is 23.1 Å². The molecule has 112 valence electrons. The molecule has 0 radical (unpaired) electrons. The first-order valence-corrected chi connectivity index (χ1v) is 7.12. The van der Waals surface area contributed by atoms with Crippen LogP contribution in [0.4, 0.5) is 13.2 Å². The van der Waals surface area contributed by atoms with Crippen molar-refractivity contribution >= 4 is 29.3 Å². The SMILES string of the molecule is CCOC(=O)c1ccc(SC)cc1OC(F)C(F)(F)Cl. The van der Waals surface area contributed by atoms with E-state index in [2.05, 4.69) is 16.3 Å². The smallest absolute Gasteiger partial charge is 0.387 e. The molecule has 0 amide bonds. The van der Waals surface area contributed by atoms with Crippen molar-refractivity contribution in [2.75, 3.05) is 12.9 Å². The summed E-state index contributed by atoms with van der Waals surface area (Å²) >= 11 is 5.82. The van der Waals surface area contributed by atoms with Crippen molar-refractivity contribution in [2.45, 2.75) is 23.6 Å². The predicted molar refractivity (Wildman–Crippen MR) is 70.5 cm³/mol. The van der Waals surface area contributed by atoms with Gasteiger partial charge in [0.05, 0.1) is 6.61 Å². The summed E-state index contributed by atoms with van der Waals surface area (Å²) in [5.41, 5.74) is -0.145. The number of rotatable bonds is 6. The first-order valence-electron chi connectivity index (χ1n) is 5.52. The first-order chi connectivity index (χ1) is 9.29. The monoisotopic (exact) mass is 328 g/mol. The van der Waals surface area contributed by atoms with E-state index in [4.69, 9.17) is 4.74 Å². The Morgan fingerprint density at radius 2 is 2.15 bits per heavy atom. The van der Waals surface area contributed by atoms with Gasteiger partial charge >= 0.3 is 17.7 Å². The first kappa shape index (κ1) is 17.0. The van der Waals surface area contributed by atoms with Crippen LogP contribution in [-0.2, 0) is 4.74 Å². The van der Waals surface area contributed by atoms with Gasteiger partial charge in [-0.05, 0) is 43.0 Å². The topological polar surface area (TPSA) is 35.5 Å². The van der Waals surface area contributed by atoms with Crippen LogP contribution in [0.25, 0.3) is 0 Å². The molecule has 0 bridgehead atoms. The van der Waals surface area contributed by atoms with Crippen LogP contribution in [0.2, 0.25) is 0 Å². The quantitative estimate of drug-likeness (QED) is 0.447. The summed E-state index contributed by atoms with van der Waals surface area (Å²) in [6.07, 6.45) is -1.35. The van der Waals surface area contributed by atoms with Gasteiger partial charge in [-0.1, -0.05) is 0 Å². The summed E-state index contributed by atoms with van der Waals surface area (Å²) in [7, 11) is 0. The fourth-order valence-electron chi connectivity index (χ4n) is 1.28. The van der Waals surface area contributed by atoms with Crippen LogP contribution in [-0.4, -0.2) is 30.6 Å². The van der Waals surface area contributed by atoms with Gasteiger partial charge < -0.3 is 9.47 Å². The van der Waals surface area contributed by atoms with Gasteiger partial charge in [-0.2, -0.15) is 13.2 Å². The maximum absolute atomic E-state index is 13.2. The van der Waals surface area contributed by atoms with Crippen molar-refractivity contribution in [3.63, 3.8) is 0 Å². The Hall–Kier alpha value is -1.08. The van der Waals surface area contributed by atoms with Gasteiger partial charge in [-0.3, -0.25) is 0 Å². The molecule has 1 rings (SSSR count). The minimum Gasteiger partial charge on any atom is -0.462 e. The maximum Gasteiger partial charge on any atom is 0.387 e. The number of hydrogen-bond donors (Lipinski definition) is 0. The van der Waals surface area contributed by atoms with Crippen molar-refractivity contribution in [1.82, 2.24) is 0 Å². The number of benzene rings is 1. The highest BCUT2D eigenvalue weighted by Crippen LogP contribution is 2.32. The highest BCUT2D eigenvalue weighted by molar-refractivity contribution is 7.98. The molecule has 0 saturated carbocycles. The molecular formula is C12H12ClF3O3S. The molecule has 0 saturated heterocycles. The van der Waals surface area contributed by atoms with Gasteiger partial charge in [-0.15, -0.1) is 11.8 Å². The van der Waals surface area contributed by atoms with Crippen LogP contribution in [0, 0.1) is 0 Å². The molecule has 8 heteroatoms. The number of carbonyl (C=O) groups excluding carboxylic acids is 1. The van der Waals surface area contributed by atoms with Gasteiger partial charge in [-0.25, -0.2) is 4.79 Å². The standard InChI is InChI=1S/C12H12ClF3O3S/c1-3-18-10(17)8-5-4-7(20-2)6-9(8)19-11(14)12(13,15)16/h4-6,11H,3H2,1-2H3. The Morgan fingerprint density at radius 1 is 1.50 bits per heavy atom. The Balaban J connectivity index is 3.09. The summed E-state index contributed by atoms with van der Waals surface area (Å²) in [5.74, 6) is -1.14. The molecule has 1 aromatic carbocycles. The van der Waals surface area contributed by atoms with Crippen LogP contribution in [0.5, 0.6) is 5.75 Å². The average Bonchev–Trinajstić information content (AvgIpc) is 2.37. The molecule has 1 atom stereocenters. The highest BCUT2D eigenvalue weighted by Gasteiger charge is 2.40. The zero-order chi connectivity index (χ0) is 15.3. The lowest BCUT2D eigenvalue weighted by Gasteiger charge is -2.18. The molecule has 1 aromatic rings. The molecule has 0 N–H and O–H groups in total. The summed E-state index contributed by atoms with van der Waals surface area (Å²) in [5, 5.41) is -4.19. The van der Waals surface area contributed by atoms with E-state index in [1.54, 1.807) is 19.2 Å². The Kier molecular flexibility index (Phi) is 6.01. The van der Waals surface area contributed by atoms with E-state index in [1.807, 2.05) is 0 Å². The number of carbonyl (C=O) groups is 1. The third kappa shape index (κ3) is 4.49. The highest BCUT2D eigenvalue weighted by atomic mass is 35.5. The fourth-order valence-corrected chi connectivity index (χ4v) is 1.76. The number of ether oxygens (including phenoxy) is 2. The summed E-state index contributed by atoms with van der Waals surface area (Å²) in [6, 6.07) is 4.15. The van der Waals surface area contributed by atoms with E-state index in [-0.39, 0.29) is 17.9 Å². The van der Waals surface area contributed by atoms with E-state index in [9.17, 15) is 18.0 Å². The Morgan fingerprint density at radius 3 is 2.65 bits per heavy atom. The van der Waals surface area contributed by atoms with Gasteiger partial charge in [0.1, 0.15) is 11.3 Å². The lowest BCUT2D eigenvalue weighted by molar-refractivity contribution is -0.0975. The molecule has 0 fully saturated rings. The van der Waals surface area contributed by atoms with Gasteiger partial charge in [0.2, 0.25) is 0 Å². The molecule has 0 aliphatic carbocycles. The fraction of sp³-hybridized carbons (Fsp3) is 0.417. The maximum atomic E-state index is 13.2. The van der Waals surface area contributed by atoms with E-state index in [0.717, 1.165) is 0 Å².